The van der Waals surface area contributed by atoms with Crippen molar-refractivity contribution in [2.75, 3.05) is 11.9 Å². The standard InChI is InChI=1S/C34H34N4/c1-21-12-11-13-22(2)30(21)27-16-18-29(19-17-27)38(7)32-25(5)23(3)31(24(4)26(32)6)34-36-20-35-33(37-34)28-14-9-8-10-15-28/h8-20H,1-7H3. The Morgan fingerprint density at radius 1 is 0.526 bits per heavy atom. The Morgan fingerprint density at radius 2 is 1.11 bits per heavy atom. The Bertz CT molecular complexity index is 1570. The van der Waals surface area contributed by atoms with Crippen LogP contribution in [0.5, 0.6) is 0 Å². The molecule has 0 saturated carbocycles. The van der Waals surface area contributed by atoms with Crippen LogP contribution in [-0.2, 0) is 0 Å². The van der Waals surface area contributed by atoms with E-state index in [1.807, 2.05) is 30.3 Å². The Balaban J connectivity index is 1.54. The third-order valence-electron chi connectivity index (χ3n) is 7.77. The van der Waals surface area contributed by atoms with Crippen LogP contribution in [0.25, 0.3) is 33.9 Å². The molecule has 0 N–H and O–H groups in total. The van der Waals surface area contributed by atoms with E-state index in [0.717, 1.165) is 16.8 Å². The molecule has 0 saturated heterocycles. The highest BCUT2D eigenvalue weighted by atomic mass is 15.1. The number of benzene rings is 4. The molecular formula is C34H34N4. The quantitative estimate of drug-likeness (QED) is 0.244. The van der Waals surface area contributed by atoms with Crippen molar-refractivity contribution in [3.63, 3.8) is 0 Å². The molecule has 0 radical (unpaired) electrons. The molecule has 0 aliphatic carbocycles. The average Bonchev–Trinajstić information content (AvgIpc) is 2.93. The van der Waals surface area contributed by atoms with Gasteiger partial charge in [0.2, 0.25) is 0 Å². The zero-order valence-corrected chi connectivity index (χ0v) is 23.3. The van der Waals surface area contributed by atoms with Crippen LogP contribution in [0.4, 0.5) is 11.4 Å². The van der Waals surface area contributed by atoms with Crippen molar-refractivity contribution in [2.24, 2.45) is 0 Å². The summed E-state index contributed by atoms with van der Waals surface area (Å²) in [6.45, 7) is 13.1. The fourth-order valence-corrected chi connectivity index (χ4v) is 5.52. The van der Waals surface area contributed by atoms with E-state index in [1.165, 1.54) is 50.2 Å². The van der Waals surface area contributed by atoms with E-state index in [-0.39, 0.29) is 0 Å². The molecule has 0 unspecified atom stereocenters. The van der Waals surface area contributed by atoms with Gasteiger partial charge in [0, 0.05) is 29.5 Å². The molecule has 5 rings (SSSR count). The molecule has 0 amide bonds. The molecule has 0 bridgehead atoms. The van der Waals surface area contributed by atoms with Crippen molar-refractivity contribution in [3.05, 3.63) is 113 Å². The molecule has 4 aromatic carbocycles. The van der Waals surface area contributed by atoms with Crippen LogP contribution >= 0.6 is 0 Å². The summed E-state index contributed by atoms with van der Waals surface area (Å²) >= 11 is 0. The topological polar surface area (TPSA) is 41.9 Å². The minimum absolute atomic E-state index is 0.690. The number of rotatable bonds is 5. The summed E-state index contributed by atoms with van der Waals surface area (Å²) in [6.07, 6.45) is 1.62. The first kappa shape index (κ1) is 25.3. The Morgan fingerprint density at radius 3 is 1.71 bits per heavy atom. The Kier molecular flexibility index (Phi) is 6.81. The van der Waals surface area contributed by atoms with Crippen molar-refractivity contribution >= 4 is 11.4 Å². The maximum absolute atomic E-state index is 4.87. The minimum atomic E-state index is 0.690. The fraction of sp³-hybridized carbons (Fsp3) is 0.206. The van der Waals surface area contributed by atoms with E-state index in [4.69, 9.17) is 4.98 Å². The molecule has 0 fully saturated rings. The van der Waals surface area contributed by atoms with Gasteiger partial charge >= 0.3 is 0 Å². The highest BCUT2D eigenvalue weighted by Crippen LogP contribution is 2.40. The molecule has 0 aliphatic heterocycles. The highest BCUT2D eigenvalue weighted by molar-refractivity contribution is 5.81. The zero-order chi connectivity index (χ0) is 27.0. The van der Waals surface area contributed by atoms with Gasteiger partial charge in [-0.05, 0) is 98.2 Å². The van der Waals surface area contributed by atoms with E-state index in [1.54, 1.807) is 6.33 Å². The second kappa shape index (κ2) is 10.2. The highest BCUT2D eigenvalue weighted by Gasteiger charge is 2.21. The number of nitrogens with zero attached hydrogens (tertiary/aromatic N) is 4. The first-order valence-corrected chi connectivity index (χ1v) is 13.0. The average molecular weight is 499 g/mol. The minimum Gasteiger partial charge on any atom is -0.344 e. The lowest BCUT2D eigenvalue weighted by atomic mass is 9.90. The van der Waals surface area contributed by atoms with Gasteiger partial charge in [-0.3, -0.25) is 0 Å². The summed E-state index contributed by atoms with van der Waals surface area (Å²) in [5, 5.41) is 0. The number of aromatic nitrogens is 3. The Labute approximate surface area is 226 Å². The second-order valence-electron chi connectivity index (χ2n) is 10.1. The molecule has 0 aliphatic rings. The zero-order valence-electron chi connectivity index (χ0n) is 23.3. The molecule has 1 heterocycles. The monoisotopic (exact) mass is 498 g/mol. The predicted octanol–water partition coefficient (Wildman–Crippen LogP) is 8.49. The van der Waals surface area contributed by atoms with Gasteiger partial charge in [0.25, 0.3) is 0 Å². The molecular weight excluding hydrogens is 464 g/mol. The second-order valence-corrected chi connectivity index (χ2v) is 10.1. The van der Waals surface area contributed by atoms with E-state index in [2.05, 4.69) is 106 Å². The summed E-state index contributed by atoms with van der Waals surface area (Å²) in [4.78, 5) is 16.2. The van der Waals surface area contributed by atoms with Crippen LogP contribution < -0.4 is 4.90 Å². The van der Waals surface area contributed by atoms with Crippen LogP contribution in [0, 0.1) is 41.5 Å². The molecule has 0 spiro atoms. The van der Waals surface area contributed by atoms with Gasteiger partial charge in [-0.25, -0.2) is 15.0 Å². The van der Waals surface area contributed by atoms with Gasteiger partial charge in [0.15, 0.2) is 11.6 Å². The van der Waals surface area contributed by atoms with Crippen molar-refractivity contribution in [2.45, 2.75) is 41.5 Å². The third kappa shape index (κ3) is 4.47. The van der Waals surface area contributed by atoms with Crippen LogP contribution in [0.15, 0.2) is 79.1 Å². The molecule has 5 aromatic rings. The SMILES string of the molecule is Cc1cccc(C)c1-c1ccc(N(C)c2c(C)c(C)c(-c3ncnc(-c4ccccc4)n3)c(C)c2C)cc1. The van der Waals surface area contributed by atoms with Crippen LogP contribution in [0.3, 0.4) is 0 Å². The largest absolute Gasteiger partial charge is 0.344 e. The molecule has 1 aromatic heterocycles. The van der Waals surface area contributed by atoms with Crippen molar-refractivity contribution in [1.82, 2.24) is 15.0 Å². The van der Waals surface area contributed by atoms with Crippen LogP contribution in [0.1, 0.15) is 33.4 Å². The number of aryl methyl sites for hydroxylation is 2. The smallest absolute Gasteiger partial charge is 0.163 e. The molecule has 0 atom stereocenters. The van der Waals surface area contributed by atoms with Gasteiger partial charge < -0.3 is 4.90 Å². The predicted molar refractivity (Wildman–Crippen MR) is 159 cm³/mol. The van der Waals surface area contributed by atoms with Crippen molar-refractivity contribution < 1.29 is 0 Å². The maximum Gasteiger partial charge on any atom is 0.163 e. The normalized spacial score (nSPS) is 11.0. The summed E-state index contributed by atoms with van der Waals surface area (Å²) in [6, 6.07) is 25.4. The fourth-order valence-electron chi connectivity index (χ4n) is 5.52. The van der Waals surface area contributed by atoms with Crippen LogP contribution in [-0.4, -0.2) is 22.0 Å². The lowest BCUT2D eigenvalue weighted by molar-refractivity contribution is 1.05. The summed E-state index contributed by atoms with van der Waals surface area (Å²) in [5.74, 6) is 1.40. The van der Waals surface area contributed by atoms with Crippen molar-refractivity contribution in [3.8, 4) is 33.9 Å². The maximum atomic E-state index is 4.87. The van der Waals surface area contributed by atoms with Gasteiger partial charge in [-0.15, -0.1) is 0 Å². The molecule has 4 nitrogen and oxygen atoms in total. The van der Waals surface area contributed by atoms with Crippen molar-refractivity contribution in [1.29, 1.82) is 0 Å². The third-order valence-corrected chi connectivity index (χ3v) is 7.77. The summed E-state index contributed by atoms with van der Waals surface area (Å²) in [5.41, 5.74) is 14.4. The van der Waals surface area contributed by atoms with E-state index >= 15 is 0 Å². The summed E-state index contributed by atoms with van der Waals surface area (Å²) < 4.78 is 0. The van der Waals surface area contributed by atoms with Crippen LogP contribution in [0.2, 0.25) is 0 Å². The first-order chi connectivity index (χ1) is 18.3. The van der Waals surface area contributed by atoms with Gasteiger partial charge in [0.1, 0.15) is 6.33 Å². The Hall–Kier alpha value is -4.31. The molecule has 38 heavy (non-hydrogen) atoms. The molecule has 190 valence electrons. The van der Waals surface area contributed by atoms with Gasteiger partial charge in [0.05, 0.1) is 0 Å². The van der Waals surface area contributed by atoms with Gasteiger partial charge in [-0.2, -0.15) is 0 Å². The number of hydrogen-bond donors (Lipinski definition) is 0. The first-order valence-electron chi connectivity index (χ1n) is 13.0. The van der Waals surface area contributed by atoms with E-state index < -0.39 is 0 Å². The van der Waals surface area contributed by atoms with Gasteiger partial charge in [-0.1, -0.05) is 60.7 Å². The number of hydrogen-bond acceptors (Lipinski definition) is 4. The lowest BCUT2D eigenvalue weighted by Crippen LogP contribution is -2.15. The lowest BCUT2D eigenvalue weighted by Gasteiger charge is -2.28. The van der Waals surface area contributed by atoms with E-state index in [9.17, 15) is 0 Å². The summed E-state index contributed by atoms with van der Waals surface area (Å²) in [7, 11) is 2.15. The molecule has 4 heteroatoms. The number of anilines is 2. The van der Waals surface area contributed by atoms with E-state index in [0.29, 0.717) is 11.6 Å².